The maximum Gasteiger partial charge on any atom is 0.266 e. The predicted octanol–water partition coefficient (Wildman–Crippen LogP) is 0.961. The summed E-state index contributed by atoms with van der Waals surface area (Å²) in [5.74, 6) is 0.555. The number of hydrogen-bond donors (Lipinski definition) is 1. The fourth-order valence-corrected chi connectivity index (χ4v) is 2.46. The number of nitrogens with zero attached hydrogens (tertiary/aromatic N) is 3. The number of sulfonamides is 1. The maximum atomic E-state index is 11.5. The van der Waals surface area contributed by atoms with Crippen molar-refractivity contribution in [2.24, 2.45) is 0 Å². The monoisotopic (exact) mass is 282 g/mol. The molecule has 2 heterocycles. The van der Waals surface area contributed by atoms with Gasteiger partial charge in [0.15, 0.2) is 0 Å². The SMILES string of the molecule is CCCS(=O)(=O)NCc1nnc(-c2ccccn2)o1. The van der Waals surface area contributed by atoms with Crippen LogP contribution < -0.4 is 4.72 Å². The van der Waals surface area contributed by atoms with Gasteiger partial charge in [0, 0.05) is 6.20 Å². The third-order valence-corrected chi connectivity index (χ3v) is 3.80. The average molecular weight is 282 g/mol. The molecular weight excluding hydrogens is 268 g/mol. The van der Waals surface area contributed by atoms with Crippen molar-refractivity contribution < 1.29 is 12.8 Å². The molecule has 7 nitrogen and oxygen atoms in total. The maximum absolute atomic E-state index is 11.5. The van der Waals surface area contributed by atoms with Gasteiger partial charge in [0.2, 0.25) is 15.9 Å². The largest absolute Gasteiger partial charge is 0.418 e. The summed E-state index contributed by atoms with van der Waals surface area (Å²) < 4.78 is 30.7. The predicted molar refractivity (Wildman–Crippen MR) is 68.4 cm³/mol. The van der Waals surface area contributed by atoms with Gasteiger partial charge in [0.05, 0.1) is 12.3 Å². The second-order valence-electron chi connectivity index (χ2n) is 3.86. The molecule has 0 aliphatic carbocycles. The van der Waals surface area contributed by atoms with Gasteiger partial charge in [-0.25, -0.2) is 13.1 Å². The van der Waals surface area contributed by atoms with Crippen molar-refractivity contribution in [3.8, 4) is 11.6 Å². The summed E-state index contributed by atoms with van der Waals surface area (Å²) in [6, 6.07) is 5.31. The van der Waals surface area contributed by atoms with E-state index in [0.29, 0.717) is 12.1 Å². The summed E-state index contributed by atoms with van der Waals surface area (Å²) in [6.45, 7) is 1.78. The summed E-state index contributed by atoms with van der Waals surface area (Å²) in [7, 11) is -3.28. The summed E-state index contributed by atoms with van der Waals surface area (Å²) in [4.78, 5) is 4.07. The van der Waals surface area contributed by atoms with Crippen LogP contribution in [0.2, 0.25) is 0 Å². The molecule has 0 aromatic carbocycles. The van der Waals surface area contributed by atoms with Crippen molar-refractivity contribution in [2.75, 3.05) is 5.75 Å². The molecule has 19 heavy (non-hydrogen) atoms. The highest BCUT2D eigenvalue weighted by molar-refractivity contribution is 7.89. The first kappa shape index (κ1) is 13.6. The molecule has 2 aromatic heterocycles. The quantitative estimate of drug-likeness (QED) is 0.847. The van der Waals surface area contributed by atoms with Crippen LogP contribution in [0.3, 0.4) is 0 Å². The van der Waals surface area contributed by atoms with E-state index in [1.807, 2.05) is 0 Å². The zero-order valence-corrected chi connectivity index (χ0v) is 11.2. The van der Waals surface area contributed by atoms with Crippen LogP contribution in [-0.2, 0) is 16.6 Å². The Bertz CT molecular complexity index is 624. The van der Waals surface area contributed by atoms with Gasteiger partial charge in [-0.3, -0.25) is 4.98 Å². The van der Waals surface area contributed by atoms with Crippen LogP contribution >= 0.6 is 0 Å². The number of pyridine rings is 1. The van der Waals surface area contributed by atoms with Crippen LogP contribution in [0.1, 0.15) is 19.2 Å². The third-order valence-electron chi connectivity index (χ3n) is 2.27. The minimum atomic E-state index is -3.28. The zero-order chi connectivity index (χ0) is 13.7. The Labute approximate surface area is 111 Å². The van der Waals surface area contributed by atoms with Crippen molar-refractivity contribution >= 4 is 10.0 Å². The van der Waals surface area contributed by atoms with Gasteiger partial charge in [-0.2, -0.15) is 0 Å². The number of hydrogen-bond acceptors (Lipinski definition) is 6. The molecule has 0 amide bonds. The zero-order valence-electron chi connectivity index (χ0n) is 10.4. The molecule has 8 heteroatoms. The summed E-state index contributed by atoms with van der Waals surface area (Å²) in [6.07, 6.45) is 2.17. The third kappa shape index (κ3) is 3.83. The van der Waals surface area contributed by atoms with Gasteiger partial charge < -0.3 is 4.42 Å². The first-order valence-corrected chi connectivity index (χ1v) is 7.47. The van der Waals surface area contributed by atoms with Gasteiger partial charge in [0.1, 0.15) is 5.69 Å². The molecule has 2 rings (SSSR count). The van der Waals surface area contributed by atoms with Crippen molar-refractivity contribution in [1.29, 1.82) is 0 Å². The molecule has 0 aliphatic rings. The van der Waals surface area contributed by atoms with Gasteiger partial charge in [-0.05, 0) is 18.6 Å². The minimum Gasteiger partial charge on any atom is -0.418 e. The molecule has 102 valence electrons. The molecule has 0 saturated carbocycles. The Kier molecular flexibility index (Phi) is 4.23. The molecule has 0 spiro atoms. The van der Waals surface area contributed by atoms with Gasteiger partial charge in [-0.1, -0.05) is 13.0 Å². The Morgan fingerprint density at radius 2 is 2.16 bits per heavy atom. The lowest BCUT2D eigenvalue weighted by atomic mass is 10.3. The van der Waals surface area contributed by atoms with Crippen molar-refractivity contribution in [1.82, 2.24) is 19.9 Å². The molecule has 0 radical (unpaired) electrons. The average Bonchev–Trinajstić information content (AvgIpc) is 2.86. The van der Waals surface area contributed by atoms with E-state index < -0.39 is 10.0 Å². The van der Waals surface area contributed by atoms with Gasteiger partial charge >= 0.3 is 0 Å². The normalized spacial score (nSPS) is 11.6. The van der Waals surface area contributed by atoms with Crippen LogP contribution in [0.5, 0.6) is 0 Å². The lowest BCUT2D eigenvalue weighted by Gasteiger charge is -2.01. The summed E-state index contributed by atoms with van der Waals surface area (Å²) in [5, 5.41) is 7.59. The fourth-order valence-electron chi connectivity index (χ4n) is 1.43. The van der Waals surface area contributed by atoms with E-state index in [9.17, 15) is 8.42 Å². The fraction of sp³-hybridized carbons (Fsp3) is 0.364. The standard InChI is InChI=1S/C11H14N4O3S/c1-2-7-19(16,17)13-8-10-14-15-11(18-10)9-5-3-4-6-12-9/h3-6,13H,2,7-8H2,1H3. The molecule has 0 saturated heterocycles. The first-order valence-electron chi connectivity index (χ1n) is 5.82. The smallest absolute Gasteiger partial charge is 0.266 e. The number of nitrogens with one attached hydrogen (secondary N) is 1. The molecule has 0 atom stereocenters. The highest BCUT2D eigenvalue weighted by Gasteiger charge is 2.13. The van der Waals surface area contributed by atoms with E-state index >= 15 is 0 Å². The minimum absolute atomic E-state index is 0.0117. The second-order valence-corrected chi connectivity index (χ2v) is 5.78. The molecule has 0 bridgehead atoms. The van der Waals surface area contributed by atoms with E-state index in [1.165, 1.54) is 0 Å². The molecular formula is C11H14N4O3S. The van der Waals surface area contributed by atoms with E-state index in [4.69, 9.17) is 4.42 Å². The summed E-state index contributed by atoms with van der Waals surface area (Å²) in [5.41, 5.74) is 0.553. The van der Waals surface area contributed by atoms with Gasteiger partial charge in [-0.15, -0.1) is 10.2 Å². The van der Waals surface area contributed by atoms with Crippen molar-refractivity contribution in [2.45, 2.75) is 19.9 Å². The highest BCUT2D eigenvalue weighted by atomic mass is 32.2. The van der Waals surface area contributed by atoms with Crippen molar-refractivity contribution in [3.05, 3.63) is 30.3 Å². The molecule has 0 fully saturated rings. The topological polar surface area (TPSA) is 98.0 Å². The van der Waals surface area contributed by atoms with Crippen LogP contribution in [0.15, 0.2) is 28.8 Å². The Balaban J connectivity index is 2.03. The number of aromatic nitrogens is 3. The molecule has 1 N–H and O–H groups in total. The second kappa shape index (κ2) is 5.89. The van der Waals surface area contributed by atoms with Crippen LogP contribution in [0.25, 0.3) is 11.6 Å². The number of rotatable bonds is 6. The lowest BCUT2D eigenvalue weighted by Crippen LogP contribution is -2.25. The molecule has 0 aliphatic heterocycles. The highest BCUT2D eigenvalue weighted by Crippen LogP contribution is 2.13. The van der Waals surface area contributed by atoms with E-state index in [-0.39, 0.29) is 24.1 Å². The Morgan fingerprint density at radius 1 is 1.32 bits per heavy atom. The van der Waals surface area contributed by atoms with Crippen LogP contribution in [0.4, 0.5) is 0 Å². The van der Waals surface area contributed by atoms with Crippen molar-refractivity contribution in [3.63, 3.8) is 0 Å². The van der Waals surface area contributed by atoms with E-state index in [0.717, 1.165) is 0 Å². The summed E-state index contributed by atoms with van der Waals surface area (Å²) >= 11 is 0. The lowest BCUT2D eigenvalue weighted by molar-refractivity contribution is 0.493. The Morgan fingerprint density at radius 3 is 2.84 bits per heavy atom. The first-order chi connectivity index (χ1) is 9.11. The van der Waals surface area contributed by atoms with E-state index in [1.54, 1.807) is 31.3 Å². The van der Waals surface area contributed by atoms with Gasteiger partial charge in [0.25, 0.3) is 5.89 Å². The van der Waals surface area contributed by atoms with Crippen LogP contribution in [0, 0.1) is 0 Å². The van der Waals surface area contributed by atoms with Crippen LogP contribution in [-0.4, -0.2) is 29.4 Å². The molecule has 2 aromatic rings. The van der Waals surface area contributed by atoms with E-state index in [2.05, 4.69) is 19.9 Å². The molecule has 0 unspecified atom stereocenters. The Hall–Kier alpha value is -1.80.